The lowest BCUT2D eigenvalue weighted by Crippen LogP contribution is -2.06. The molecule has 1 unspecified atom stereocenters. The maximum Gasteiger partial charge on any atom is 0.194 e. The van der Waals surface area contributed by atoms with Crippen LogP contribution >= 0.6 is 0 Å². The minimum Gasteiger partial charge on any atom is -0.261 e. The molecule has 0 aliphatic heterocycles. The highest BCUT2D eigenvalue weighted by atomic mass is 19.2. The average Bonchev–Trinajstić information content (AvgIpc) is 2.39. The molecule has 1 atom stereocenters. The first-order valence-corrected chi connectivity index (χ1v) is 6.04. The number of halogens is 3. The molecule has 4 heteroatoms. The van der Waals surface area contributed by atoms with Crippen molar-refractivity contribution < 1.29 is 13.2 Å². The zero-order valence-corrected chi connectivity index (χ0v) is 10.8. The average molecular weight is 265 g/mol. The molecular formula is C15H14F3N. The second kappa shape index (κ2) is 5.43. The highest BCUT2D eigenvalue weighted by Gasteiger charge is 2.18. The largest absolute Gasteiger partial charge is 0.261 e. The molecule has 2 aromatic rings. The molecule has 0 saturated carbocycles. The number of aromatic nitrogens is 1. The highest BCUT2D eigenvalue weighted by molar-refractivity contribution is 5.27. The number of aryl methyl sites for hydroxylation is 1. The molecule has 0 bridgehead atoms. The summed E-state index contributed by atoms with van der Waals surface area (Å²) in [5, 5.41) is 0. The Morgan fingerprint density at radius 2 is 1.84 bits per heavy atom. The molecule has 1 aromatic carbocycles. The maximum atomic E-state index is 13.7. The number of pyridine rings is 1. The lowest BCUT2D eigenvalue weighted by atomic mass is 9.94. The van der Waals surface area contributed by atoms with Crippen LogP contribution in [0.1, 0.15) is 29.7 Å². The van der Waals surface area contributed by atoms with E-state index in [4.69, 9.17) is 0 Å². The molecule has 0 amide bonds. The van der Waals surface area contributed by atoms with Crippen LogP contribution in [0.3, 0.4) is 0 Å². The lowest BCUT2D eigenvalue weighted by molar-refractivity contribution is 0.436. The summed E-state index contributed by atoms with van der Waals surface area (Å²) in [6, 6.07) is 5.98. The van der Waals surface area contributed by atoms with Crippen LogP contribution in [0.25, 0.3) is 0 Å². The zero-order valence-electron chi connectivity index (χ0n) is 10.8. The first kappa shape index (κ1) is 13.6. The van der Waals surface area contributed by atoms with Gasteiger partial charge in [0, 0.05) is 11.9 Å². The van der Waals surface area contributed by atoms with Crippen LogP contribution in [0.2, 0.25) is 0 Å². The molecule has 0 spiro atoms. The molecule has 1 nitrogen and oxygen atoms in total. The SMILES string of the molecule is Cc1cccnc1CC(C)c1ccc(F)c(F)c1F. The van der Waals surface area contributed by atoms with E-state index in [-0.39, 0.29) is 11.5 Å². The molecule has 1 aromatic heterocycles. The summed E-state index contributed by atoms with van der Waals surface area (Å²) in [6.07, 6.45) is 2.14. The van der Waals surface area contributed by atoms with Crippen LogP contribution in [0, 0.1) is 24.4 Å². The number of benzene rings is 1. The molecule has 0 saturated heterocycles. The summed E-state index contributed by atoms with van der Waals surface area (Å²) < 4.78 is 39.8. The topological polar surface area (TPSA) is 12.9 Å². The molecule has 2 rings (SSSR count). The van der Waals surface area contributed by atoms with Gasteiger partial charge in [-0.2, -0.15) is 0 Å². The number of hydrogen-bond acceptors (Lipinski definition) is 1. The van der Waals surface area contributed by atoms with Gasteiger partial charge in [-0.25, -0.2) is 13.2 Å². The second-order valence-corrected chi connectivity index (χ2v) is 4.64. The van der Waals surface area contributed by atoms with Gasteiger partial charge in [0.15, 0.2) is 17.5 Å². The third kappa shape index (κ3) is 2.78. The lowest BCUT2D eigenvalue weighted by Gasteiger charge is -2.14. The minimum absolute atomic E-state index is 0.170. The van der Waals surface area contributed by atoms with E-state index in [0.717, 1.165) is 17.3 Å². The molecule has 1 heterocycles. The van der Waals surface area contributed by atoms with E-state index in [0.29, 0.717) is 6.42 Å². The van der Waals surface area contributed by atoms with E-state index in [1.54, 1.807) is 13.1 Å². The molecule has 0 aliphatic carbocycles. The summed E-state index contributed by atoms with van der Waals surface area (Å²) in [5.41, 5.74) is 2.00. The van der Waals surface area contributed by atoms with Gasteiger partial charge in [-0.05, 0) is 42.5 Å². The predicted octanol–water partition coefficient (Wildman–Crippen LogP) is 4.15. The number of hydrogen-bond donors (Lipinski definition) is 0. The van der Waals surface area contributed by atoms with E-state index in [1.165, 1.54) is 6.07 Å². The van der Waals surface area contributed by atoms with Crippen LogP contribution in [0.4, 0.5) is 13.2 Å². The Kier molecular flexibility index (Phi) is 3.88. The fourth-order valence-electron chi connectivity index (χ4n) is 2.05. The smallest absolute Gasteiger partial charge is 0.194 e. The summed E-state index contributed by atoms with van der Waals surface area (Å²) >= 11 is 0. The quantitative estimate of drug-likeness (QED) is 0.759. The predicted molar refractivity (Wildman–Crippen MR) is 67.4 cm³/mol. The Labute approximate surface area is 110 Å². The van der Waals surface area contributed by atoms with Gasteiger partial charge in [0.1, 0.15) is 0 Å². The van der Waals surface area contributed by atoms with Crippen LogP contribution in [0.5, 0.6) is 0 Å². The van der Waals surface area contributed by atoms with E-state index < -0.39 is 17.5 Å². The van der Waals surface area contributed by atoms with E-state index in [1.807, 2.05) is 19.1 Å². The molecular weight excluding hydrogens is 251 g/mol. The summed E-state index contributed by atoms with van der Waals surface area (Å²) in [5.74, 6) is -3.96. The third-order valence-corrected chi connectivity index (χ3v) is 3.21. The van der Waals surface area contributed by atoms with Gasteiger partial charge in [0.25, 0.3) is 0 Å². The fraction of sp³-hybridized carbons (Fsp3) is 0.267. The summed E-state index contributed by atoms with van der Waals surface area (Å²) in [4.78, 5) is 4.22. The van der Waals surface area contributed by atoms with Gasteiger partial charge < -0.3 is 0 Å². The minimum atomic E-state index is -1.41. The molecule has 0 N–H and O–H groups in total. The summed E-state index contributed by atoms with van der Waals surface area (Å²) in [6.45, 7) is 3.68. The van der Waals surface area contributed by atoms with Crippen molar-refractivity contribution in [2.24, 2.45) is 0 Å². The van der Waals surface area contributed by atoms with Gasteiger partial charge in [-0.15, -0.1) is 0 Å². The van der Waals surface area contributed by atoms with Crippen molar-refractivity contribution in [3.05, 3.63) is 64.7 Å². The molecule has 0 fully saturated rings. The molecule has 100 valence electrons. The third-order valence-electron chi connectivity index (χ3n) is 3.21. The van der Waals surface area contributed by atoms with Crippen LogP contribution in [-0.4, -0.2) is 4.98 Å². The molecule has 19 heavy (non-hydrogen) atoms. The molecule has 0 aliphatic rings. The van der Waals surface area contributed by atoms with Crippen molar-refractivity contribution >= 4 is 0 Å². The second-order valence-electron chi connectivity index (χ2n) is 4.64. The van der Waals surface area contributed by atoms with Crippen molar-refractivity contribution in [3.63, 3.8) is 0 Å². The fourth-order valence-corrected chi connectivity index (χ4v) is 2.05. The normalized spacial score (nSPS) is 12.5. The highest BCUT2D eigenvalue weighted by Crippen LogP contribution is 2.26. The number of rotatable bonds is 3. The van der Waals surface area contributed by atoms with Gasteiger partial charge >= 0.3 is 0 Å². The Morgan fingerprint density at radius 3 is 2.53 bits per heavy atom. The van der Waals surface area contributed by atoms with E-state index in [9.17, 15) is 13.2 Å². The van der Waals surface area contributed by atoms with Crippen molar-refractivity contribution in [1.82, 2.24) is 4.98 Å². The Hall–Kier alpha value is -1.84. The first-order chi connectivity index (χ1) is 9.00. The Morgan fingerprint density at radius 1 is 1.11 bits per heavy atom. The van der Waals surface area contributed by atoms with Crippen LogP contribution < -0.4 is 0 Å². The summed E-state index contributed by atoms with van der Waals surface area (Å²) in [7, 11) is 0. The molecule has 0 radical (unpaired) electrons. The standard InChI is InChI=1S/C15H14F3N/c1-9-4-3-7-19-13(9)8-10(2)11-5-6-12(16)15(18)14(11)17/h3-7,10H,8H2,1-2H3. The van der Waals surface area contributed by atoms with Crippen molar-refractivity contribution in [3.8, 4) is 0 Å². The van der Waals surface area contributed by atoms with E-state index in [2.05, 4.69) is 4.98 Å². The first-order valence-electron chi connectivity index (χ1n) is 6.04. The van der Waals surface area contributed by atoms with Gasteiger partial charge in [0.05, 0.1) is 0 Å². The van der Waals surface area contributed by atoms with Crippen molar-refractivity contribution in [1.29, 1.82) is 0 Å². The van der Waals surface area contributed by atoms with Crippen LogP contribution in [0.15, 0.2) is 30.5 Å². The monoisotopic (exact) mass is 265 g/mol. The van der Waals surface area contributed by atoms with Gasteiger partial charge in [-0.3, -0.25) is 4.98 Å². The van der Waals surface area contributed by atoms with Crippen molar-refractivity contribution in [2.45, 2.75) is 26.2 Å². The van der Waals surface area contributed by atoms with Gasteiger partial charge in [0.2, 0.25) is 0 Å². The zero-order chi connectivity index (χ0) is 14.0. The van der Waals surface area contributed by atoms with Crippen LogP contribution in [-0.2, 0) is 6.42 Å². The van der Waals surface area contributed by atoms with E-state index >= 15 is 0 Å². The maximum absolute atomic E-state index is 13.7. The van der Waals surface area contributed by atoms with Crippen molar-refractivity contribution in [2.75, 3.05) is 0 Å². The van der Waals surface area contributed by atoms with Gasteiger partial charge in [-0.1, -0.05) is 19.1 Å². The Balaban J connectivity index is 2.28. The number of nitrogens with zero attached hydrogens (tertiary/aromatic N) is 1. The Bertz CT molecular complexity index is 596.